The number of benzene rings is 2. The number of imidazole rings is 1. The smallest absolute Gasteiger partial charge is 0.415 e. The van der Waals surface area contributed by atoms with Crippen LogP contribution in [0.5, 0.6) is 11.5 Å². The first-order valence-electron chi connectivity index (χ1n) is 14.0. The average molecular weight is 593 g/mol. The molecule has 8 nitrogen and oxygen atoms in total. The van der Waals surface area contributed by atoms with Crippen LogP contribution in [-0.2, 0) is 4.74 Å². The van der Waals surface area contributed by atoms with Gasteiger partial charge in [-0.25, -0.2) is 22.9 Å². The van der Waals surface area contributed by atoms with Crippen LogP contribution in [0.3, 0.4) is 0 Å². The van der Waals surface area contributed by atoms with E-state index >= 15 is 0 Å². The maximum Gasteiger partial charge on any atom is 0.415 e. The van der Waals surface area contributed by atoms with Crippen LogP contribution < -0.4 is 15.0 Å². The Morgan fingerprint density at radius 3 is 2.51 bits per heavy atom. The molecule has 2 amide bonds. The lowest BCUT2D eigenvalue weighted by Gasteiger charge is -2.27. The number of nitrogens with zero attached hydrogens (tertiary/aromatic N) is 3. The molecule has 0 aliphatic heterocycles. The molecule has 6 rings (SSSR count). The van der Waals surface area contributed by atoms with Crippen molar-refractivity contribution in [2.24, 2.45) is 11.8 Å². The van der Waals surface area contributed by atoms with E-state index in [1.807, 2.05) is 13.0 Å². The topological polar surface area (TPSA) is 85.2 Å². The minimum Gasteiger partial charge on any atom is -0.456 e. The van der Waals surface area contributed by atoms with Gasteiger partial charge in [-0.1, -0.05) is 12.1 Å². The fourth-order valence-electron chi connectivity index (χ4n) is 5.20. The molecule has 43 heavy (non-hydrogen) atoms. The lowest BCUT2D eigenvalue weighted by molar-refractivity contribution is 0.0543. The van der Waals surface area contributed by atoms with Crippen molar-refractivity contribution in [1.82, 2.24) is 14.7 Å². The summed E-state index contributed by atoms with van der Waals surface area (Å²) in [6.45, 7) is 5.79. The van der Waals surface area contributed by atoms with Crippen molar-refractivity contribution in [3.05, 3.63) is 77.9 Å². The molecular weight excluding hydrogens is 561 g/mol. The van der Waals surface area contributed by atoms with Crippen molar-refractivity contribution in [2.45, 2.75) is 52.2 Å². The van der Waals surface area contributed by atoms with Crippen molar-refractivity contribution in [1.29, 1.82) is 0 Å². The van der Waals surface area contributed by atoms with E-state index in [0.29, 0.717) is 28.7 Å². The highest BCUT2D eigenvalue weighted by molar-refractivity contribution is 5.97. The molecule has 4 aromatic rings. The SMILES string of the molecule is Cc1cc(-c2cnc3c(N(CC(F)F)C(=O)OC(C)(C)C)cc(Oc4cccc(F)c4)cn23)ccc1C(=O)NC1C2CC21. The number of anilines is 1. The third-order valence-corrected chi connectivity index (χ3v) is 7.56. The number of amides is 2. The lowest BCUT2D eigenvalue weighted by Crippen LogP contribution is -2.40. The summed E-state index contributed by atoms with van der Waals surface area (Å²) in [4.78, 5) is 31.3. The van der Waals surface area contributed by atoms with Crippen molar-refractivity contribution in [3.63, 3.8) is 0 Å². The summed E-state index contributed by atoms with van der Waals surface area (Å²) in [6, 6.07) is 12.5. The van der Waals surface area contributed by atoms with Gasteiger partial charge in [0.2, 0.25) is 0 Å². The molecule has 2 saturated carbocycles. The molecular formula is C32H31F3N4O4. The van der Waals surface area contributed by atoms with Crippen LogP contribution in [0.4, 0.5) is 23.7 Å². The van der Waals surface area contributed by atoms with Gasteiger partial charge >= 0.3 is 6.09 Å². The Morgan fingerprint density at radius 1 is 1.12 bits per heavy atom. The van der Waals surface area contributed by atoms with E-state index in [2.05, 4.69) is 10.3 Å². The zero-order valence-corrected chi connectivity index (χ0v) is 24.1. The summed E-state index contributed by atoms with van der Waals surface area (Å²) in [5.41, 5.74) is 1.83. The molecule has 11 heteroatoms. The second kappa shape index (κ2) is 10.6. The number of rotatable bonds is 8. The number of carbonyl (C=O) groups is 2. The van der Waals surface area contributed by atoms with Crippen LogP contribution in [0.1, 0.15) is 43.1 Å². The van der Waals surface area contributed by atoms with E-state index in [1.54, 1.807) is 55.8 Å². The van der Waals surface area contributed by atoms with Crippen LogP contribution in [-0.4, -0.2) is 46.0 Å². The number of aryl methyl sites for hydroxylation is 1. The van der Waals surface area contributed by atoms with Gasteiger partial charge in [-0.2, -0.15) is 0 Å². The van der Waals surface area contributed by atoms with Gasteiger partial charge in [0.25, 0.3) is 12.3 Å². The molecule has 2 aliphatic carbocycles. The van der Waals surface area contributed by atoms with Crippen LogP contribution in [0.2, 0.25) is 0 Å². The first kappa shape index (κ1) is 28.6. The van der Waals surface area contributed by atoms with Crippen LogP contribution in [0.15, 0.2) is 60.9 Å². The number of aromatic nitrogens is 2. The zero-order valence-electron chi connectivity index (χ0n) is 24.1. The Kier molecular flexibility index (Phi) is 7.06. The fourth-order valence-corrected chi connectivity index (χ4v) is 5.20. The van der Waals surface area contributed by atoms with E-state index in [4.69, 9.17) is 9.47 Å². The Bertz CT molecular complexity index is 1720. The number of hydrogen-bond acceptors (Lipinski definition) is 5. The number of carbonyl (C=O) groups excluding carboxylic acids is 2. The highest BCUT2D eigenvalue weighted by atomic mass is 19.3. The maximum absolute atomic E-state index is 13.9. The number of nitrogens with one attached hydrogen (secondary N) is 1. The van der Waals surface area contributed by atoms with Crippen molar-refractivity contribution in [2.75, 3.05) is 11.4 Å². The number of alkyl halides is 2. The molecule has 2 aromatic heterocycles. The number of ether oxygens (including phenoxy) is 2. The molecule has 0 spiro atoms. The van der Waals surface area contributed by atoms with Crippen LogP contribution >= 0.6 is 0 Å². The van der Waals surface area contributed by atoms with Gasteiger partial charge in [-0.15, -0.1) is 0 Å². The molecule has 2 unspecified atom stereocenters. The summed E-state index contributed by atoms with van der Waals surface area (Å²) in [6.07, 6.45) is 0.454. The Labute approximate surface area is 246 Å². The molecule has 2 fully saturated rings. The summed E-state index contributed by atoms with van der Waals surface area (Å²) in [7, 11) is 0. The first-order chi connectivity index (χ1) is 20.4. The predicted molar refractivity (Wildman–Crippen MR) is 154 cm³/mol. The lowest BCUT2D eigenvalue weighted by atomic mass is 10.0. The van der Waals surface area contributed by atoms with Gasteiger partial charge < -0.3 is 14.8 Å². The number of pyridine rings is 1. The summed E-state index contributed by atoms with van der Waals surface area (Å²) in [5.74, 6) is 0.936. The first-order valence-corrected chi connectivity index (χ1v) is 14.0. The van der Waals surface area contributed by atoms with E-state index in [-0.39, 0.29) is 34.8 Å². The summed E-state index contributed by atoms with van der Waals surface area (Å²) < 4.78 is 54.5. The van der Waals surface area contributed by atoms with Gasteiger partial charge in [0, 0.05) is 29.3 Å². The van der Waals surface area contributed by atoms with Crippen molar-refractivity contribution >= 4 is 23.3 Å². The van der Waals surface area contributed by atoms with E-state index in [9.17, 15) is 22.8 Å². The maximum atomic E-state index is 13.9. The second-order valence-electron chi connectivity index (χ2n) is 12.0. The number of halogens is 3. The van der Waals surface area contributed by atoms with E-state index in [0.717, 1.165) is 10.5 Å². The molecule has 0 saturated heterocycles. The monoisotopic (exact) mass is 592 g/mol. The molecule has 1 N–H and O–H groups in total. The Morgan fingerprint density at radius 2 is 1.88 bits per heavy atom. The second-order valence-corrected chi connectivity index (χ2v) is 12.0. The Balaban J connectivity index is 1.42. The average Bonchev–Trinajstić information content (AvgIpc) is 3.80. The zero-order chi connectivity index (χ0) is 30.6. The third kappa shape index (κ3) is 6.02. The highest BCUT2D eigenvalue weighted by Gasteiger charge is 2.64. The minimum atomic E-state index is -2.88. The Hall–Kier alpha value is -4.54. The van der Waals surface area contributed by atoms with E-state index < -0.39 is 30.5 Å². The molecule has 2 aromatic carbocycles. The molecule has 2 heterocycles. The van der Waals surface area contributed by atoms with Gasteiger partial charge in [0.15, 0.2) is 5.65 Å². The van der Waals surface area contributed by atoms with Crippen LogP contribution in [0, 0.1) is 24.6 Å². The highest BCUT2D eigenvalue weighted by Crippen LogP contribution is 2.62. The molecule has 2 atom stereocenters. The van der Waals surface area contributed by atoms with Gasteiger partial charge in [-0.3, -0.25) is 14.1 Å². The normalized spacial score (nSPS) is 18.7. The molecule has 224 valence electrons. The number of hydrogen-bond donors (Lipinski definition) is 1. The quantitative estimate of drug-likeness (QED) is 0.238. The van der Waals surface area contributed by atoms with Crippen molar-refractivity contribution in [3.8, 4) is 22.8 Å². The van der Waals surface area contributed by atoms with E-state index in [1.165, 1.54) is 30.7 Å². The fraction of sp³-hybridized carbons (Fsp3) is 0.344. The largest absolute Gasteiger partial charge is 0.456 e. The molecule has 0 radical (unpaired) electrons. The third-order valence-electron chi connectivity index (χ3n) is 7.56. The summed E-state index contributed by atoms with van der Waals surface area (Å²) >= 11 is 0. The van der Waals surface area contributed by atoms with Gasteiger partial charge in [0.05, 0.1) is 30.3 Å². The minimum absolute atomic E-state index is 0.0189. The number of fused-ring (bicyclic) bond motifs is 2. The van der Waals surface area contributed by atoms with Gasteiger partial charge in [0.1, 0.15) is 22.9 Å². The standard InChI is InChI=1S/C32H31F3N4O4/c1-17-10-18(8-9-22(17)30(40)37-28-23-13-24(23)28)26-14-36-29-25(39(16-27(34)35)31(41)43-32(2,3)4)12-21(15-38(26)29)42-20-7-5-6-19(33)11-20/h5-12,14-15,23-24,27-28H,13,16H2,1-4H3,(H,37,40). The van der Waals surface area contributed by atoms with Gasteiger partial charge in [-0.05, 0) is 75.8 Å². The predicted octanol–water partition coefficient (Wildman–Crippen LogP) is 7.00. The molecule has 2 aliphatic rings. The summed E-state index contributed by atoms with van der Waals surface area (Å²) in [5, 5.41) is 3.08. The van der Waals surface area contributed by atoms with Crippen molar-refractivity contribution < 1.29 is 32.2 Å². The van der Waals surface area contributed by atoms with Crippen LogP contribution in [0.25, 0.3) is 16.9 Å². The molecule has 0 bridgehead atoms.